The van der Waals surface area contributed by atoms with E-state index in [2.05, 4.69) is 20.2 Å². The van der Waals surface area contributed by atoms with Crippen LogP contribution in [0.2, 0.25) is 5.02 Å². The number of halogens is 1. The topological polar surface area (TPSA) is 79.7 Å². The Labute approximate surface area is 168 Å². The quantitative estimate of drug-likeness (QED) is 0.813. The Morgan fingerprint density at radius 2 is 1.93 bits per heavy atom. The van der Waals surface area contributed by atoms with Gasteiger partial charge in [0, 0.05) is 43.1 Å². The number of nitrogens with zero attached hydrogens (tertiary/aromatic N) is 3. The van der Waals surface area contributed by atoms with Crippen LogP contribution in [0.15, 0.2) is 30.7 Å². The molecule has 0 spiro atoms. The van der Waals surface area contributed by atoms with Gasteiger partial charge >= 0.3 is 0 Å². The van der Waals surface area contributed by atoms with Crippen molar-refractivity contribution in [3.05, 3.63) is 41.3 Å². The number of aliphatic hydroxyl groups excluding tert-OH is 1. The highest BCUT2D eigenvalue weighted by molar-refractivity contribution is 6.31. The molecule has 5 rings (SSSR count). The summed E-state index contributed by atoms with van der Waals surface area (Å²) in [6, 6.07) is 3.83. The molecule has 2 aliphatic heterocycles. The number of fused-ring (bicyclic) bond motifs is 2. The van der Waals surface area contributed by atoms with Gasteiger partial charge in [-0.1, -0.05) is 11.6 Å². The standard InChI is InChI=1S/C20H23ClN4O3/c21-15-6-19-18(27-11-28-19)5-14(15)10-25-8-12-3-16(17(26)4-13(12)9-25)24-20-7-22-1-2-23-20/h1-2,5-7,12-13,16-17,26H,3-4,8-11H2,(H,23,24)/t12-,13+,16-,17-/m1/s1. The predicted octanol–water partition coefficient (Wildman–Crippen LogP) is 2.54. The van der Waals surface area contributed by atoms with E-state index < -0.39 is 0 Å². The summed E-state index contributed by atoms with van der Waals surface area (Å²) in [5, 5.41) is 14.7. The van der Waals surface area contributed by atoms with Crippen LogP contribution in [0.4, 0.5) is 5.82 Å². The summed E-state index contributed by atoms with van der Waals surface area (Å²) >= 11 is 6.45. The summed E-state index contributed by atoms with van der Waals surface area (Å²) in [6.45, 7) is 3.01. The van der Waals surface area contributed by atoms with Crippen LogP contribution in [-0.2, 0) is 6.54 Å². The maximum atomic E-state index is 10.6. The van der Waals surface area contributed by atoms with Crippen molar-refractivity contribution in [2.75, 3.05) is 25.2 Å². The molecule has 1 aromatic heterocycles. The zero-order valence-corrected chi connectivity index (χ0v) is 16.2. The summed E-state index contributed by atoms with van der Waals surface area (Å²) in [5.74, 6) is 3.24. The van der Waals surface area contributed by atoms with Gasteiger partial charge in [0.25, 0.3) is 0 Å². The second-order valence-electron chi connectivity index (χ2n) is 7.89. The lowest BCUT2D eigenvalue weighted by molar-refractivity contribution is 0.0735. The number of likely N-dealkylation sites (tertiary alicyclic amines) is 1. The predicted molar refractivity (Wildman–Crippen MR) is 105 cm³/mol. The number of anilines is 1. The lowest BCUT2D eigenvalue weighted by Gasteiger charge is -2.35. The molecule has 8 heteroatoms. The fourth-order valence-corrected chi connectivity index (χ4v) is 4.91. The molecule has 1 saturated carbocycles. The van der Waals surface area contributed by atoms with Crippen molar-refractivity contribution in [1.82, 2.24) is 14.9 Å². The van der Waals surface area contributed by atoms with Gasteiger partial charge in [-0.05, 0) is 36.3 Å². The molecule has 4 atom stereocenters. The van der Waals surface area contributed by atoms with Crippen molar-refractivity contribution in [3.8, 4) is 11.5 Å². The maximum Gasteiger partial charge on any atom is 0.231 e. The highest BCUT2D eigenvalue weighted by Crippen LogP contribution is 2.40. The summed E-state index contributed by atoms with van der Waals surface area (Å²) in [5.41, 5.74) is 1.05. The molecule has 1 saturated heterocycles. The smallest absolute Gasteiger partial charge is 0.231 e. The van der Waals surface area contributed by atoms with E-state index in [-0.39, 0.29) is 18.9 Å². The highest BCUT2D eigenvalue weighted by atomic mass is 35.5. The minimum atomic E-state index is -0.377. The number of aliphatic hydroxyl groups is 1. The monoisotopic (exact) mass is 402 g/mol. The van der Waals surface area contributed by atoms with Crippen molar-refractivity contribution in [2.24, 2.45) is 11.8 Å². The van der Waals surface area contributed by atoms with Gasteiger partial charge in [0.15, 0.2) is 11.5 Å². The Hall–Kier alpha value is -2.09. The lowest BCUT2D eigenvalue weighted by Crippen LogP contribution is -2.43. The number of nitrogens with one attached hydrogen (secondary N) is 1. The highest BCUT2D eigenvalue weighted by Gasteiger charge is 2.41. The van der Waals surface area contributed by atoms with Crippen LogP contribution < -0.4 is 14.8 Å². The average Bonchev–Trinajstić information content (AvgIpc) is 3.29. The van der Waals surface area contributed by atoms with Gasteiger partial charge in [-0.25, -0.2) is 4.98 Å². The fourth-order valence-electron chi connectivity index (χ4n) is 4.70. The van der Waals surface area contributed by atoms with Crippen LogP contribution in [0, 0.1) is 11.8 Å². The van der Waals surface area contributed by atoms with Gasteiger partial charge in [-0.15, -0.1) is 0 Å². The third kappa shape index (κ3) is 3.50. The van der Waals surface area contributed by atoms with E-state index in [1.54, 1.807) is 18.6 Å². The number of aromatic nitrogens is 2. The first-order valence-electron chi connectivity index (χ1n) is 9.66. The van der Waals surface area contributed by atoms with E-state index in [9.17, 15) is 5.11 Å². The zero-order valence-electron chi connectivity index (χ0n) is 15.4. The molecule has 1 aromatic carbocycles. The normalized spacial score (nSPS) is 28.9. The van der Waals surface area contributed by atoms with E-state index in [0.717, 1.165) is 43.8 Å². The number of rotatable bonds is 4. The molecule has 28 heavy (non-hydrogen) atoms. The molecular weight excluding hydrogens is 380 g/mol. The van der Waals surface area contributed by atoms with Crippen molar-refractivity contribution >= 4 is 17.4 Å². The van der Waals surface area contributed by atoms with Crippen LogP contribution in [0.1, 0.15) is 18.4 Å². The van der Waals surface area contributed by atoms with E-state index in [0.29, 0.717) is 28.4 Å². The molecular formula is C20H23ClN4O3. The summed E-state index contributed by atoms with van der Waals surface area (Å²) in [4.78, 5) is 10.8. The average molecular weight is 403 g/mol. The largest absolute Gasteiger partial charge is 0.454 e. The van der Waals surface area contributed by atoms with Gasteiger partial charge in [-0.2, -0.15) is 0 Å². The molecule has 2 aromatic rings. The lowest BCUT2D eigenvalue weighted by atomic mass is 9.77. The van der Waals surface area contributed by atoms with Crippen molar-refractivity contribution < 1.29 is 14.6 Å². The van der Waals surface area contributed by atoms with Crippen LogP contribution in [-0.4, -0.2) is 52.0 Å². The third-order valence-electron chi connectivity index (χ3n) is 6.05. The summed E-state index contributed by atoms with van der Waals surface area (Å²) < 4.78 is 10.9. The first-order valence-corrected chi connectivity index (χ1v) is 10.0. The number of hydrogen-bond acceptors (Lipinski definition) is 7. The fraction of sp³-hybridized carbons (Fsp3) is 0.500. The van der Waals surface area contributed by atoms with Gasteiger partial charge < -0.3 is 19.9 Å². The summed E-state index contributed by atoms with van der Waals surface area (Å²) in [7, 11) is 0. The first-order chi connectivity index (χ1) is 13.7. The molecule has 2 N–H and O–H groups in total. The Balaban J connectivity index is 1.24. The number of benzene rings is 1. The van der Waals surface area contributed by atoms with Crippen LogP contribution in [0.3, 0.4) is 0 Å². The van der Waals surface area contributed by atoms with Gasteiger partial charge in [0.1, 0.15) is 5.82 Å². The van der Waals surface area contributed by atoms with E-state index >= 15 is 0 Å². The third-order valence-corrected chi connectivity index (χ3v) is 6.40. The number of ether oxygens (including phenoxy) is 2. The van der Waals surface area contributed by atoms with Crippen LogP contribution in [0.5, 0.6) is 11.5 Å². The Morgan fingerprint density at radius 3 is 2.71 bits per heavy atom. The molecule has 7 nitrogen and oxygen atoms in total. The molecule has 0 unspecified atom stereocenters. The van der Waals surface area contributed by atoms with E-state index in [1.807, 2.05) is 12.1 Å². The Kier molecular flexibility index (Phi) is 4.74. The second-order valence-corrected chi connectivity index (χ2v) is 8.30. The molecule has 0 amide bonds. The maximum absolute atomic E-state index is 10.6. The number of hydrogen-bond donors (Lipinski definition) is 2. The van der Waals surface area contributed by atoms with Crippen molar-refractivity contribution in [1.29, 1.82) is 0 Å². The minimum absolute atomic E-state index is 0.00651. The molecule has 2 fully saturated rings. The molecule has 3 aliphatic rings. The molecule has 1 aliphatic carbocycles. The Bertz CT molecular complexity index is 853. The second kappa shape index (κ2) is 7.39. The van der Waals surface area contributed by atoms with E-state index in [1.165, 1.54) is 0 Å². The van der Waals surface area contributed by atoms with Crippen LogP contribution in [0.25, 0.3) is 0 Å². The molecule has 0 radical (unpaired) electrons. The van der Waals surface area contributed by atoms with Crippen molar-refractivity contribution in [2.45, 2.75) is 31.5 Å². The van der Waals surface area contributed by atoms with Crippen molar-refractivity contribution in [3.63, 3.8) is 0 Å². The van der Waals surface area contributed by atoms with Gasteiger partial charge in [-0.3, -0.25) is 9.88 Å². The minimum Gasteiger partial charge on any atom is -0.454 e. The first kappa shape index (κ1) is 18.0. The summed E-state index contributed by atoms with van der Waals surface area (Å²) in [6.07, 6.45) is 6.35. The molecule has 148 valence electrons. The van der Waals surface area contributed by atoms with Gasteiger partial charge in [0.2, 0.25) is 6.79 Å². The van der Waals surface area contributed by atoms with E-state index in [4.69, 9.17) is 21.1 Å². The SMILES string of the molecule is O[C@@H]1C[C@H]2CN(Cc3cc4c(cc3Cl)OCO4)C[C@H]2C[C@H]1Nc1cnccn1. The molecule has 0 bridgehead atoms. The van der Waals surface area contributed by atoms with Gasteiger partial charge in [0.05, 0.1) is 18.3 Å². The van der Waals surface area contributed by atoms with Crippen LogP contribution >= 0.6 is 11.6 Å². The Morgan fingerprint density at radius 1 is 1.14 bits per heavy atom. The molecule has 3 heterocycles. The zero-order chi connectivity index (χ0) is 19.1.